The van der Waals surface area contributed by atoms with Gasteiger partial charge in [0.25, 0.3) is 5.91 Å². The van der Waals surface area contributed by atoms with Crippen LogP contribution in [0.25, 0.3) is 0 Å². The van der Waals surface area contributed by atoms with Gasteiger partial charge in [-0.1, -0.05) is 18.2 Å². The summed E-state index contributed by atoms with van der Waals surface area (Å²) < 4.78 is 14.3. The van der Waals surface area contributed by atoms with Crippen molar-refractivity contribution in [3.8, 4) is 5.75 Å². The van der Waals surface area contributed by atoms with Crippen LogP contribution in [-0.4, -0.2) is 38.3 Å². The highest BCUT2D eigenvalue weighted by atomic mass is 16.6. The SMILES string of the molecule is COC(=O)NC(=O)[C@@H](C)OC(=O)Cc1ccccc1OC. The molecule has 21 heavy (non-hydrogen) atoms. The molecule has 0 heterocycles. The Hall–Kier alpha value is -2.57. The highest BCUT2D eigenvalue weighted by Gasteiger charge is 2.20. The van der Waals surface area contributed by atoms with Crippen molar-refractivity contribution in [3.63, 3.8) is 0 Å². The van der Waals surface area contributed by atoms with Crippen molar-refractivity contribution in [2.75, 3.05) is 14.2 Å². The standard InChI is InChI=1S/C14H17NO6/c1-9(13(17)15-14(18)20-3)21-12(16)8-10-6-4-5-7-11(10)19-2/h4-7,9H,8H2,1-3H3,(H,15,17,18)/t9-/m1/s1. The molecule has 0 saturated carbocycles. The first-order valence-electron chi connectivity index (χ1n) is 6.18. The molecule has 0 saturated heterocycles. The number of ether oxygens (including phenoxy) is 3. The smallest absolute Gasteiger partial charge is 0.413 e. The molecule has 0 unspecified atom stereocenters. The van der Waals surface area contributed by atoms with Crippen LogP contribution in [0, 0.1) is 0 Å². The van der Waals surface area contributed by atoms with Crippen LogP contribution >= 0.6 is 0 Å². The number of benzene rings is 1. The number of carbonyl (C=O) groups excluding carboxylic acids is 3. The number of rotatable bonds is 5. The number of imide groups is 1. The molecule has 7 nitrogen and oxygen atoms in total. The summed E-state index contributed by atoms with van der Waals surface area (Å²) in [6.45, 7) is 1.36. The third kappa shape index (κ3) is 5.13. The number of alkyl carbamates (subject to hydrolysis) is 1. The fourth-order valence-corrected chi connectivity index (χ4v) is 1.55. The van der Waals surface area contributed by atoms with Crippen LogP contribution in [0.4, 0.5) is 4.79 Å². The van der Waals surface area contributed by atoms with Crippen LogP contribution in [0.5, 0.6) is 5.75 Å². The van der Waals surface area contributed by atoms with Crippen molar-refractivity contribution in [2.45, 2.75) is 19.4 Å². The van der Waals surface area contributed by atoms with E-state index in [0.717, 1.165) is 7.11 Å². The fourth-order valence-electron chi connectivity index (χ4n) is 1.55. The van der Waals surface area contributed by atoms with Gasteiger partial charge in [0.1, 0.15) is 5.75 Å². The maximum Gasteiger partial charge on any atom is 0.413 e. The average Bonchev–Trinajstić information content (AvgIpc) is 2.47. The van der Waals surface area contributed by atoms with Crippen LogP contribution in [0.1, 0.15) is 12.5 Å². The number of methoxy groups -OCH3 is 2. The van der Waals surface area contributed by atoms with E-state index in [9.17, 15) is 14.4 Å². The minimum atomic E-state index is -1.11. The molecule has 0 spiro atoms. The largest absolute Gasteiger partial charge is 0.496 e. The van der Waals surface area contributed by atoms with E-state index >= 15 is 0 Å². The van der Waals surface area contributed by atoms with Crippen LogP contribution in [0.3, 0.4) is 0 Å². The van der Waals surface area contributed by atoms with Crippen molar-refractivity contribution < 1.29 is 28.6 Å². The molecule has 0 radical (unpaired) electrons. The third-order valence-corrected chi connectivity index (χ3v) is 2.62. The summed E-state index contributed by atoms with van der Waals surface area (Å²) in [4.78, 5) is 34.2. The topological polar surface area (TPSA) is 90.9 Å². The van der Waals surface area contributed by atoms with E-state index < -0.39 is 24.1 Å². The van der Waals surface area contributed by atoms with Crippen molar-refractivity contribution >= 4 is 18.0 Å². The Morgan fingerprint density at radius 1 is 1.19 bits per heavy atom. The monoisotopic (exact) mass is 295 g/mol. The summed E-state index contributed by atoms with van der Waals surface area (Å²) in [5.41, 5.74) is 0.644. The van der Waals surface area contributed by atoms with Crippen LogP contribution in [0.2, 0.25) is 0 Å². The molecule has 114 valence electrons. The summed E-state index contributed by atoms with van der Waals surface area (Å²) in [7, 11) is 2.62. The minimum absolute atomic E-state index is 0.0418. The number of carbonyl (C=O) groups is 3. The van der Waals surface area contributed by atoms with Gasteiger partial charge in [-0.2, -0.15) is 0 Å². The minimum Gasteiger partial charge on any atom is -0.496 e. The molecule has 0 aliphatic rings. The van der Waals surface area contributed by atoms with Gasteiger partial charge in [0.15, 0.2) is 6.10 Å². The second-order valence-electron chi connectivity index (χ2n) is 4.10. The van der Waals surface area contributed by atoms with Gasteiger partial charge in [0.05, 0.1) is 20.6 Å². The molecular weight excluding hydrogens is 278 g/mol. The number of para-hydroxylation sites is 1. The lowest BCUT2D eigenvalue weighted by Gasteiger charge is -2.13. The van der Waals surface area contributed by atoms with Gasteiger partial charge in [-0.25, -0.2) is 4.79 Å². The summed E-state index contributed by atoms with van der Waals surface area (Å²) in [5.74, 6) is -0.802. The number of amides is 2. The molecule has 1 atom stereocenters. The van der Waals surface area contributed by atoms with Gasteiger partial charge in [-0.3, -0.25) is 14.9 Å². The van der Waals surface area contributed by atoms with E-state index in [0.29, 0.717) is 11.3 Å². The number of nitrogens with one attached hydrogen (secondary N) is 1. The van der Waals surface area contributed by atoms with Gasteiger partial charge < -0.3 is 14.2 Å². The molecule has 7 heteroatoms. The second kappa shape index (κ2) is 7.88. The first kappa shape index (κ1) is 16.5. The molecule has 1 N–H and O–H groups in total. The molecule has 1 rings (SSSR count). The zero-order valence-corrected chi connectivity index (χ0v) is 12.0. The zero-order valence-electron chi connectivity index (χ0n) is 12.0. The normalized spacial score (nSPS) is 11.2. The predicted molar refractivity (Wildman–Crippen MR) is 72.8 cm³/mol. The lowest BCUT2D eigenvalue weighted by molar-refractivity contribution is -0.153. The van der Waals surface area contributed by atoms with E-state index in [2.05, 4.69) is 4.74 Å². The molecule has 0 aliphatic heterocycles. The van der Waals surface area contributed by atoms with Gasteiger partial charge >= 0.3 is 12.1 Å². The van der Waals surface area contributed by atoms with E-state index in [1.165, 1.54) is 14.0 Å². The summed E-state index contributed by atoms with van der Waals surface area (Å²) in [6.07, 6.45) is -2.06. The Balaban J connectivity index is 2.57. The van der Waals surface area contributed by atoms with Gasteiger partial charge in [-0.05, 0) is 13.0 Å². The van der Waals surface area contributed by atoms with Crippen LogP contribution < -0.4 is 10.1 Å². The maximum atomic E-state index is 11.8. The predicted octanol–water partition coefficient (Wildman–Crippen LogP) is 1.05. The number of esters is 1. The second-order valence-corrected chi connectivity index (χ2v) is 4.10. The molecule has 0 aliphatic carbocycles. The van der Waals surface area contributed by atoms with Gasteiger partial charge in [-0.15, -0.1) is 0 Å². The van der Waals surface area contributed by atoms with Gasteiger partial charge in [0, 0.05) is 5.56 Å². The Morgan fingerprint density at radius 3 is 2.48 bits per heavy atom. The molecule has 1 aromatic carbocycles. The lowest BCUT2D eigenvalue weighted by Crippen LogP contribution is -2.39. The van der Waals surface area contributed by atoms with Crippen LogP contribution in [0.15, 0.2) is 24.3 Å². The first-order chi connectivity index (χ1) is 9.97. The average molecular weight is 295 g/mol. The zero-order chi connectivity index (χ0) is 15.8. The number of hydrogen-bond acceptors (Lipinski definition) is 6. The third-order valence-electron chi connectivity index (χ3n) is 2.62. The van der Waals surface area contributed by atoms with Crippen molar-refractivity contribution in [1.82, 2.24) is 5.32 Å². The summed E-state index contributed by atoms with van der Waals surface area (Å²) >= 11 is 0. The quantitative estimate of drug-likeness (QED) is 0.817. The molecule has 2 amide bonds. The van der Waals surface area contributed by atoms with E-state index in [4.69, 9.17) is 9.47 Å². The Morgan fingerprint density at radius 2 is 1.86 bits per heavy atom. The summed E-state index contributed by atoms with van der Waals surface area (Å²) in [6, 6.07) is 6.98. The van der Waals surface area contributed by atoms with E-state index in [-0.39, 0.29) is 6.42 Å². The van der Waals surface area contributed by atoms with Gasteiger partial charge in [0.2, 0.25) is 0 Å². The Bertz CT molecular complexity index is 528. The summed E-state index contributed by atoms with van der Waals surface area (Å²) in [5, 5.41) is 1.92. The highest BCUT2D eigenvalue weighted by molar-refractivity contribution is 5.95. The number of hydrogen-bond donors (Lipinski definition) is 1. The van der Waals surface area contributed by atoms with Crippen LogP contribution in [-0.2, 0) is 25.5 Å². The van der Waals surface area contributed by atoms with Crippen molar-refractivity contribution in [3.05, 3.63) is 29.8 Å². The fraction of sp³-hybridized carbons (Fsp3) is 0.357. The van der Waals surface area contributed by atoms with E-state index in [1.54, 1.807) is 24.3 Å². The Labute approximate surface area is 122 Å². The highest BCUT2D eigenvalue weighted by Crippen LogP contribution is 2.18. The Kier molecular flexibility index (Phi) is 6.19. The van der Waals surface area contributed by atoms with Crippen molar-refractivity contribution in [1.29, 1.82) is 0 Å². The molecule has 0 aromatic heterocycles. The first-order valence-corrected chi connectivity index (χ1v) is 6.18. The lowest BCUT2D eigenvalue weighted by atomic mass is 10.1. The molecular formula is C14H17NO6. The molecule has 0 bridgehead atoms. The molecule has 1 aromatic rings. The van der Waals surface area contributed by atoms with E-state index in [1.807, 2.05) is 5.32 Å². The maximum absolute atomic E-state index is 11.8. The molecule has 0 fully saturated rings. The van der Waals surface area contributed by atoms with Crippen molar-refractivity contribution in [2.24, 2.45) is 0 Å².